The quantitative estimate of drug-likeness (QED) is 0.352. The monoisotopic (exact) mass is 422 g/mol. The average Bonchev–Trinajstić information content (AvgIpc) is 3.08. The second-order valence-electron chi connectivity index (χ2n) is 6.99. The van der Waals surface area contributed by atoms with Gasteiger partial charge in [0, 0.05) is 17.1 Å². The Bertz CT molecular complexity index is 1230. The number of rotatable bonds is 6. The molecule has 0 saturated heterocycles. The lowest BCUT2D eigenvalue weighted by Gasteiger charge is -2.07. The van der Waals surface area contributed by atoms with Gasteiger partial charge in [-0.05, 0) is 43.2 Å². The standard InChI is InChI=1S/C22H22N4O3S/c1-12-5-13(2)7-14(6-12)25-19(27)10-30-22-21-20(23-11-24-22)15-8-17(28-3)18(29-4)9-16(15)26-21/h5-9,11,26H,10H2,1-4H3,(H,25,27). The number of aromatic nitrogens is 3. The van der Waals surface area contributed by atoms with Gasteiger partial charge in [-0.3, -0.25) is 4.79 Å². The van der Waals surface area contributed by atoms with Gasteiger partial charge in [0.25, 0.3) is 0 Å². The highest BCUT2D eigenvalue weighted by atomic mass is 32.2. The van der Waals surface area contributed by atoms with E-state index < -0.39 is 0 Å². The van der Waals surface area contributed by atoms with Gasteiger partial charge < -0.3 is 19.8 Å². The molecule has 30 heavy (non-hydrogen) atoms. The van der Waals surface area contributed by atoms with Crippen LogP contribution in [0.3, 0.4) is 0 Å². The zero-order valence-electron chi connectivity index (χ0n) is 17.2. The number of nitrogens with zero attached hydrogens (tertiary/aromatic N) is 2. The van der Waals surface area contributed by atoms with Crippen LogP contribution in [0.4, 0.5) is 5.69 Å². The molecule has 4 rings (SSSR count). The van der Waals surface area contributed by atoms with Crippen LogP contribution in [0.5, 0.6) is 11.5 Å². The van der Waals surface area contributed by atoms with Gasteiger partial charge in [-0.2, -0.15) is 0 Å². The average molecular weight is 423 g/mol. The first-order valence-corrected chi connectivity index (χ1v) is 10.4. The predicted molar refractivity (Wildman–Crippen MR) is 120 cm³/mol. The summed E-state index contributed by atoms with van der Waals surface area (Å²) in [6.45, 7) is 4.02. The van der Waals surface area contributed by atoms with Crippen LogP contribution in [-0.2, 0) is 4.79 Å². The number of aryl methyl sites for hydroxylation is 2. The van der Waals surface area contributed by atoms with Crippen LogP contribution in [0, 0.1) is 13.8 Å². The van der Waals surface area contributed by atoms with Crippen molar-refractivity contribution in [2.75, 3.05) is 25.3 Å². The molecular weight excluding hydrogens is 400 g/mol. The summed E-state index contributed by atoms with van der Waals surface area (Å²) in [5.41, 5.74) is 5.45. The summed E-state index contributed by atoms with van der Waals surface area (Å²) < 4.78 is 10.8. The minimum Gasteiger partial charge on any atom is -0.493 e. The first-order valence-electron chi connectivity index (χ1n) is 9.38. The zero-order valence-corrected chi connectivity index (χ0v) is 18.0. The molecule has 2 N–H and O–H groups in total. The number of hydrogen-bond donors (Lipinski definition) is 2. The van der Waals surface area contributed by atoms with Crippen molar-refractivity contribution in [2.45, 2.75) is 18.9 Å². The molecule has 0 aliphatic carbocycles. The highest BCUT2D eigenvalue weighted by Crippen LogP contribution is 2.36. The lowest BCUT2D eigenvalue weighted by molar-refractivity contribution is -0.113. The number of nitrogens with one attached hydrogen (secondary N) is 2. The van der Waals surface area contributed by atoms with E-state index in [4.69, 9.17) is 9.47 Å². The second kappa shape index (κ2) is 8.23. The van der Waals surface area contributed by atoms with E-state index in [1.807, 2.05) is 38.1 Å². The highest BCUT2D eigenvalue weighted by Gasteiger charge is 2.16. The number of carbonyl (C=O) groups is 1. The van der Waals surface area contributed by atoms with Crippen molar-refractivity contribution in [2.24, 2.45) is 0 Å². The van der Waals surface area contributed by atoms with E-state index in [2.05, 4.69) is 26.3 Å². The summed E-state index contributed by atoms with van der Waals surface area (Å²) >= 11 is 1.36. The molecule has 0 atom stereocenters. The molecule has 0 saturated carbocycles. The summed E-state index contributed by atoms with van der Waals surface area (Å²) in [5.74, 6) is 1.41. The maximum atomic E-state index is 12.5. The minimum absolute atomic E-state index is 0.0868. The molecule has 0 radical (unpaired) electrons. The number of ether oxygens (including phenoxy) is 2. The van der Waals surface area contributed by atoms with Crippen LogP contribution in [-0.4, -0.2) is 40.8 Å². The Kier molecular flexibility index (Phi) is 5.50. The smallest absolute Gasteiger partial charge is 0.234 e. The Labute approximate surface area is 178 Å². The summed E-state index contributed by atoms with van der Waals surface area (Å²) in [5, 5.41) is 4.57. The fourth-order valence-electron chi connectivity index (χ4n) is 3.49. The zero-order chi connectivity index (χ0) is 21.3. The molecule has 0 spiro atoms. The topological polar surface area (TPSA) is 89.1 Å². The molecule has 1 amide bonds. The molecule has 0 unspecified atom stereocenters. The third-order valence-electron chi connectivity index (χ3n) is 4.70. The van der Waals surface area contributed by atoms with Crippen LogP contribution in [0.15, 0.2) is 41.7 Å². The minimum atomic E-state index is -0.0868. The van der Waals surface area contributed by atoms with Crippen LogP contribution in [0.2, 0.25) is 0 Å². The molecule has 0 bridgehead atoms. The van der Waals surface area contributed by atoms with Gasteiger partial charge in [0.05, 0.1) is 31.0 Å². The first kappa shape index (κ1) is 20.0. The Morgan fingerprint density at radius 3 is 2.43 bits per heavy atom. The molecule has 4 aromatic rings. The van der Waals surface area contributed by atoms with E-state index in [-0.39, 0.29) is 11.7 Å². The van der Waals surface area contributed by atoms with Crippen molar-refractivity contribution >= 4 is 45.3 Å². The molecule has 2 heterocycles. The molecule has 2 aromatic carbocycles. The lowest BCUT2D eigenvalue weighted by Crippen LogP contribution is -2.14. The molecule has 0 aliphatic heterocycles. The van der Waals surface area contributed by atoms with Crippen LogP contribution < -0.4 is 14.8 Å². The molecule has 2 aromatic heterocycles. The van der Waals surface area contributed by atoms with E-state index in [1.165, 1.54) is 18.1 Å². The van der Waals surface area contributed by atoms with Gasteiger partial charge in [-0.25, -0.2) is 9.97 Å². The van der Waals surface area contributed by atoms with Gasteiger partial charge in [0.15, 0.2) is 11.5 Å². The van der Waals surface area contributed by atoms with Gasteiger partial charge in [-0.15, -0.1) is 0 Å². The second-order valence-corrected chi connectivity index (χ2v) is 7.96. The molecule has 154 valence electrons. The summed E-state index contributed by atoms with van der Waals surface area (Å²) in [6, 6.07) is 9.74. The molecular formula is C22H22N4O3S. The normalized spacial score (nSPS) is 11.1. The summed E-state index contributed by atoms with van der Waals surface area (Å²) in [7, 11) is 3.20. The number of amides is 1. The third kappa shape index (κ3) is 3.91. The SMILES string of the molecule is COc1cc2[nH]c3c(SCC(=O)Nc4cc(C)cc(C)c4)ncnc3c2cc1OC. The number of aromatic amines is 1. The van der Waals surface area contributed by atoms with E-state index in [9.17, 15) is 4.79 Å². The number of methoxy groups -OCH3 is 2. The maximum absolute atomic E-state index is 12.5. The summed E-state index contributed by atoms with van der Waals surface area (Å²) in [4.78, 5) is 24.6. The fraction of sp³-hybridized carbons (Fsp3) is 0.227. The van der Waals surface area contributed by atoms with Crippen molar-refractivity contribution in [3.63, 3.8) is 0 Å². The first-order chi connectivity index (χ1) is 14.5. The number of H-pyrrole nitrogens is 1. The van der Waals surface area contributed by atoms with Gasteiger partial charge in [0.1, 0.15) is 16.9 Å². The number of hydrogen-bond acceptors (Lipinski definition) is 6. The third-order valence-corrected chi connectivity index (χ3v) is 5.69. The molecule has 8 heteroatoms. The number of carbonyl (C=O) groups excluding carboxylic acids is 1. The molecule has 7 nitrogen and oxygen atoms in total. The van der Waals surface area contributed by atoms with E-state index in [0.717, 1.165) is 38.8 Å². The lowest BCUT2D eigenvalue weighted by atomic mass is 10.1. The van der Waals surface area contributed by atoms with Gasteiger partial charge >= 0.3 is 0 Å². The Morgan fingerprint density at radius 1 is 1.03 bits per heavy atom. The fourth-order valence-corrected chi connectivity index (χ4v) is 4.24. The van der Waals surface area contributed by atoms with Crippen molar-refractivity contribution in [3.05, 3.63) is 47.8 Å². The number of benzene rings is 2. The Hall–Kier alpha value is -3.26. The number of fused-ring (bicyclic) bond motifs is 3. The van der Waals surface area contributed by atoms with Crippen molar-refractivity contribution in [1.82, 2.24) is 15.0 Å². The van der Waals surface area contributed by atoms with E-state index in [1.54, 1.807) is 14.2 Å². The molecule has 0 aliphatic rings. The van der Waals surface area contributed by atoms with E-state index >= 15 is 0 Å². The van der Waals surface area contributed by atoms with Crippen LogP contribution >= 0.6 is 11.8 Å². The Morgan fingerprint density at radius 2 is 1.73 bits per heavy atom. The Balaban J connectivity index is 1.59. The summed E-state index contributed by atoms with van der Waals surface area (Å²) in [6.07, 6.45) is 1.51. The van der Waals surface area contributed by atoms with Crippen LogP contribution in [0.25, 0.3) is 21.9 Å². The van der Waals surface area contributed by atoms with Crippen molar-refractivity contribution < 1.29 is 14.3 Å². The maximum Gasteiger partial charge on any atom is 0.234 e. The highest BCUT2D eigenvalue weighted by molar-refractivity contribution is 8.00. The van der Waals surface area contributed by atoms with Gasteiger partial charge in [-0.1, -0.05) is 17.8 Å². The number of thioether (sulfide) groups is 1. The number of anilines is 1. The largest absolute Gasteiger partial charge is 0.493 e. The van der Waals surface area contributed by atoms with Crippen LogP contribution in [0.1, 0.15) is 11.1 Å². The van der Waals surface area contributed by atoms with Crippen molar-refractivity contribution in [1.29, 1.82) is 0 Å². The molecule has 0 fully saturated rings. The van der Waals surface area contributed by atoms with E-state index in [0.29, 0.717) is 16.5 Å². The van der Waals surface area contributed by atoms with Gasteiger partial charge in [0.2, 0.25) is 5.91 Å². The van der Waals surface area contributed by atoms with Crippen molar-refractivity contribution in [3.8, 4) is 11.5 Å². The predicted octanol–water partition coefficient (Wildman–Crippen LogP) is 4.48.